The highest BCUT2D eigenvalue weighted by molar-refractivity contribution is 5.78. The van der Waals surface area contributed by atoms with Gasteiger partial charge in [0.1, 0.15) is 0 Å². The third-order valence-corrected chi connectivity index (χ3v) is 3.36. The summed E-state index contributed by atoms with van der Waals surface area (Å²) >= 11 is 0. The highest BCUT2D eigenvalue weighted by Gasteiger charge is 2.22. The first-order valence-corrected chi connectivity index (χ1v) is 5.85. The molecule has 1 N–H and O–H groups in total. The van der Waals surface area contributed by atoms with Gasteiger partial charge < -0.3 is 10.2 Å². The van der Waals surface area contributed by atoms with Crippen LogP contribution >= 0.6 is 0 Å². The summed E-state index contributed by atoms with van der Waals surface area (Å²) < 4.78 is 0. The van der Waals surface area contributed by atoms with Crippen molar-refractivity contribution >= 4 is 5.91 Å². The van der Waals surface area contributed by atoms with Crippen molar-refractivity contribution in [3.05, 3.63) is 0 Å². The normalized spacial score (nSPS) is 25.4. The van der Waals surface area contributed by atoms with Crippen LogP contribution in [0.5, 0.6) is 0 Å². The Morgan fingerprint density at radius 2 is 2.07 bits per heavy atom. The lowest BCUT2D eigenvalue weighted by molar-refractivity contribution is -0.130. The van der Waals surface area contributed by atoms with Crippen molar-refractivity contribution in [2.24, 2.45) is 5.92 Å². The number of hydrogen-bond acceptors (Lipinski definition) is 2. The standard InChI is InChI=1S/C11H20N2O/c14-11-8-12-6-3-7-13(11)9-10-4-1-2-5-10/h10,12H,1-9H2. The van der Waals surface area contributed by atoms with E-state index in [0.29, 0.717) is 12.5 Å². The summed E-state index contributed by atoms with van der Waals surface area (Å²) in [7, 11) is 0. The van der Waals surface area contributed by atoms with E-state index in [1.54, 1.807) is 0 Å². The Morgan fingerprint density at radius 3 is 2.86 bits per heavy atom. The fourth-order valence-corrected chi connectivity index (χ4v) is 2.52. The molecule has 0 aromatic rings. The van der Waals surface area contributed by atoms with E-state index in [-0.39, 0.29) is 0 Å². The summed E-state index contributed by atoms with van der Waals surface area (Å²) in [5.74, 6) is 1.09. The number of amides is 1. The van der Waals surface area contributed by atoms with Gasteiger partial charge in [0.25, 0.3) is 0 Å². The summed E-state index contributed by atoms with van der Waals surface area (Å²) in [4.78, 5) is 13.7. The Labute approximate surface area is 85.8 Å². The Hall–Kier alpha value is -0.570. The van der Waals surface area contributed by atoms with Crippen LogP contribution < -0.4 is 5.32 Å². The lowest BCUT2D eigenvalue weighted by Gasteiger charge is -2.23. The largest absolute Gasteiger partial charge is 0.341 e. The number of hydrogen-bond donors (Lipinski definition) is 1. The molecule has 2 rings (SSSR count). The first-order chi connectivity index (χ1) is 6.86. The zero-order valence-electron chi connectivity index (χ0n) is 8.80. The average molecular weight is 196 g/mol. The van der Waals surface area contributed by atoms with Crippen LogP contribution in [0.15, 0.2) is 0 Å². The highest BCUT2D eigenvalue weighted by atomic mass is 16.2. The van der Waals surface area contributed by atoms with Crippen molar-refractivity contribution in [1.29, 1.82) is 0 Å². The molecular weight excluding hydrogens is 176 g/mol. The van der Waals surface area contributed by atoms with Crippen molar-refractivity contribution in [1.82, 2.24) is 10.2 Å². The zero-order valence-corrected chi connectivity index (χ0v) is 8.80. The molecule has 1 heterocycles. The van der Waals surface area contributed by atoms with Crippen molar-refractivity contribution in [2.45, 2.75) is 32.1 Å². The van der Waals surface area contributed by atoms with Crippen molar-refractivity contribution in [3.63, 3.8) is 0 Å². The van der Waals surface area contributed by atoms with E-state index >= 15 is 0 Å². The molecule has 1 saturated carbocycles. The lowest BCUT2D eigenvalue weighted by Crippen LogP contribution is -2.37. The van der Waals surface area contributed by atoms with Crippen LogP contribution in [0.2, 0.25) is 0 Å². The molecule has 2 fully saturated rings. The fraction of sp³-hybridized carbons (Fsp3) is 0.909. The molecule has 0 atom stereocenters. The molecule has 3 heteroatoms. The van der Waals surface area contributed by atoms with Gasteiger partial charge in [0.15, 0.2) is 0 Å². The number of carbonyl (C=O) groups is 1. The van der Waals surface area contributed by atoms with Crippen LogP contribution in [0.1, 0.15) is 32.1 Å². The topological polar surface area (TPSA) is 32.3 Å². The Bertz CT molecular complexity index is 199. The van der Waals surface area contributed by atoms with E-state index in [1.807, 2.05) is 0 Å². The average Bonchev–Trinajstić information content (AvgIpc) is 2.60. The first-order valence-electron chi connectivity index (χ1n) is 5.85. The first kappa shape index (κ1) is 9.97. The third-order valence-electron chi connectivity index (χ3n) is 3.36. The van der Waals surface area contributed by atoms with Gasteiger partial charge in [-0.1, -0.05) is 12.8 Å². The summed E-state index contributed by atoms with van der Waals surface area (Å²) in [5, 5.41) is 3.16. The zero-order chi connectivity index (χ0) is 9.80. The molecule has 0 bridgehead atoms. The monoisotopic (exact) mass is 196 g/mol. The molecule has 0 aromatic heterocycles. The minimum Gasteiger partial charge on any atom is -0.341 e. The van der Waals surface area contributed by atoms with Gasteiger partial charge in [-0.3, -0.25) is 4.79 Å². The van der Waals surface area contributed by atoms with Gasteiger partial charge in [-0.2, -0.15) is 0 Å². The van der Waals surface area contributed by atoms with Crippen molar-refractivity contribution < 1.29 is 4.79 Å². The summed E-state index contributed by atoms with van der Waals surface area (Å²) in [6.45, 7) is 3.52. The summed E-state index contributed by atoms with van der Waals surface area (Å²) in [5.41, 5.74) is 0. The number of nitrogens with one attached hydrogen (secondary N) is 1. The predicted octanol–water partition coefficient (Wildman–Crippen LogP) is 0.998. The lowest BCUT2D eigenvalue weighted by atomic mass is 10.1. The van der Waals surface area contributed by atoms with E-state index in [4.69, 9.17) is 0 Å². The van der Waals surface area contributed by atoms with E-state index in [1.165, 1.54) is 25.7 Å². The maximum atomic E-state index is 11.7. The molecule has 0 aromatic carbocycles. The highest BCUT2D eigenvalue weighted by Crippen LogP contribution is 2.25. The van der Waals surface area contributed by atoms with Crippen LogP contribution in [0, 0.1) is 5.92 Å². The van der Waals surface area contributed by atoms with Gasteiger partial charge in [-0.05, 0) is 31.7 Å². The molecule has 0 radical (unpaired) electrons. The van der Waals surface area contributed by atoms with Crippen LogP contribution in [0.3, 0.4) is 0 Å². The second kappa shape index (κ2) is 4.78. The molecular formula is C11H20N2O. The molecule has 14 heavy (non-hydrogen) atoms. The van der Waals surface area contributed by atoms with Crippen LogP contribution in [-0.2, 0) is 4.79 Å². The number of rotatable bonds is 2. The second-order valence-electron chi connectivity index (χ2n) is 4.52. The van der Waals surface area contributed by atoms with Gasteiger partial charge in [-0.15, -0.1) is 0 Å². The SMILES string of the molecule is O=C1CNCCCN1CC1CCCC1. The Balaban J connectivity index is 1.84. The van der Waals surface area contributed by atoms with Crippen molar-refractivity contribution in [2.75, 3.05) is 26.2 Å². The number of carbonyl (C=O) groups excluding carboxylic acids is 1. The fourth-order valence-electron chi connectivity index (χ4n) is 2.52. The second-order valence-corrected chi connectivity index (χ2v) is 4.52. The minimum atomic E-state index is 0.300. The summed E-state index contributed by atoms with van der Waals surface area (Å²) in [6.07, 6.45) is 6.50. The molecule has 1 aliphatic carbocycles. The molecule has 3 nitrogen and oxygen atoms in total. The molecule has 1 amide bonds. The molecule has 1 saturated heterocycles. The van der Waals surface area contributed by atoms with Gasteiger partial charge in [0, 0.05) is 13.1 Å². The van der Waals surface area contributed by atoms with Gasteiger partial charge in [-0.25, -0.2) is 0 Å². The maximum absolute atomic E-state index is 11.7. The van der Waals surface area contributed by atoms with Gasteiger partial charge in [0.05, 0.1) is 6.54 Å². The maximum Gasteiger partial charge on any atom is 0.236 e. The quantitative estimate of drug-likeness (QED) is 0.714. The van der Waals surface area contributed by atoms with E-state index in [2.05, 4.69) is 10.2 Å². The number of nitrogens with zero attached hydrogens (tertiary/aromatic N) is 1. The Morgan fingerprint density at radius 1 is 1.29 bits per heavy atom. The smallest absolute Gasteiger partial charge is 0.236 e. The molecule has 80 valence electrons. The van der Waals surface area contributed by atoms with Crippen LogP contribution in [0.25, 0.3) is 0 Å². The molecule has 0 unspecified atom stereocenters. The van der Waals surface area contributed by atoms with Crippen molar-refractivity contribution in [3.8, 4) is 0 Å². The molecule has 2 aliphatic rings. The van der Waals surface area contributed by atoms with Crippen LogP contribution in [0.4, 0.5) is 0 Å². The van der Waals surface area contributed by atoms with Gasteiger partial charge in [0.2, 0.25) is 5.91 Å². The Kier molecular flexibility index (Phi) is 3.40. The third kappa shape index (κ3) is 2.47. The van der Waals surface area contributed by atoms with E-state index < -0.39 is 0 Å². The summed E-state index contributed by atoms with van der Waals surface area (Å²) in [6, 6.07) is 0. The molecule has 0 spiro atoms. The van der Waals surface area contributed by atoms with Crippen LogP contribution in [-0.4, -0.2) is 37.0 Å². The predicted molar refractivity (Wildman–Crippen MR) is 56.0 cm³/mol. The van der Waals surface area contributed by atoms with Gasteiger partial charge >= 0.3 is 0 Å². The minimum absolute atomic E-state index is 0.300. The van der Waals surface area contributed by atoms with E-state index in [0.717, 1.165) is 32.0 Å². The molecule has 1 aliphatic heterocycles. The van der Waals surface area contributed by atoms with E-state index in [9.17, 15) is 4.79 Å².